The Hall–Kier alpha value is -2.26. The van der Waals surface area contributed by atoms with Crippen LogP contribution in [-0.2, 0) is 11.2 Å². The highest BCUT2D eigenvalue weighted by Gasteiger charge is 2.21. The summed E-state index contributed by atoms with van der Waals surface area (Å²) < 4.78 is 10.5. The van der Waals surface area contributed by atoms with Crippen molar-refractivity contribution in [2.24, 2.45) is 0 Å². The van der Waals surface area contributed by atoms with Crippen molar-refractivity contribution in [2.45, 2.75) is 6.42 Å². The second kappa shape index (κ2) is 7.66. The van der Waals surface area contributed by atoms with Crippen molar-refractivity contribution in [3.05, 3.63) is 23.8 Å². The molecule has 6 nitrogen and oxygen atoms in total. The van der Waals surface area contributed by atoms with E-state index >= 15 is 0 Å². The summed E-state index contributed by atoms with van der Waals surface area (Å²) in [6.45, 7) is 3.29. The van der Waals surface area contributed by atoms with E-state index in [9.17, 15) is 4.79 Å². The lowest BCUT2D eigenvalue weighted by Gasteiger charge is -2.33. The van der Waals surface area contributed by atoms with Crippen LogP contribution in [0.1, 0.15) is 5.56 Å². The number of amides is 1. The number of methoxy groups -OCH3 is 2. The monoisotopic (exact) mass is 303 g/mol. The van der Waals surface area contributed by atoms with Gasteiger partial charge in [0.05, 0.1) is 33.3 Å². The van der Waals surface area contributed by atoms with E-state index in [1.54, 1.807) is 14.2 Å². The number of carbonyl (C=O) groups is 1. The molecule has 6 heteroatoms. The van der Waals surface area contributed by atoms with Gasteiger partial charge >= 0.3 is 0 Å². The SMILES string of the molecule is COc1ccc(CC(=O)N2CCN(CC#N)CC2)cc1OC. The van der Waals surface area contributed by atoms with E-state index in [2.05, 4.69) is 11.0 Å². The third-order valence-electron chi connectivity index (χ3n) is 3.82. The van der Waals surface area contributed by atoms with Gasteiger partial charge in [0.25, 0.3) is 0 Å². The summed E-state index contributed by atoms with van der Waals surface area (Å²) in [6.07, 6.45) is 0.346. The predicted octanol–water partition coefficient (Wildman–Crippen LogP) is 0.914. The van der Waals surface area contributed by atoms with E-state index in [4.69, 9.17) is 14.7 Å². The number of rotatable bonds is 5. The van der Waals surface area contributed by atoms with Crippen LogP contribution >= 0.6 is 0 Å². The molecular weight excluding hydrogens is 282 g/mol. The molecule has 1 aliphatic rings. The number of carbonyl (C=O) groups excluding carboxylic acids is 1. The highest BCUT2D eigenvalue weighted by molar-refractivity contribution is 5.79. The molecule has 0 atom stereocenters. The second-order valence-corrected chi connectivity index (χ2v) is 5.18. The van der Waals surface area contributed by atoms with Gasteiger partial charge in [-0.25, -0.2) is 0 Å². The average Bonchev–Trinajstić information content (AvgIpc) is 2.55. The maximum atomic E-state index is 12.4. The number of piperazine rings is 1. The molecule has 0 unspecified atom stereocenters. The van der Waals surface area contributed by atoms with E-state index in [0.29, 0.717) is 37.6 Å². The molecule has 0 bridgehead atoms. The molecule has 1 aromatic carbocycles. The molecule has 1 aliphatic heterocycles. The van der Waals surface area contributed by atoms with Crippen molar-refractivity contribution in [1.29, 1.82) is 5.26 Å². The Labute approximate surface area is 130 Å². The molecule has 0 spiro atoms. The van der Waals surface area contributed by atoms with E-state index in [-0.39, 0.29) is 5.91 Å². The predicted molar refractivity (Wildman–Crippen MR) is 81.9 cm³/mol. The Kier molecular flexibility index (Phi) is 5.61. The quantitative estimate of drug-likeness (QED) is 0.757. The Morgan fingerprint density at radius 1 is 1.18 bits per heavy atom. The van der Waals surface area contributed by atoms with Gasteiger partial charge in [0, 0.05) is 26.2 Å². The van der Waals surface area contributed by atoms with E-state index < -0.39 is 0 Å². The van der Waals surface area contributed by atoms with Gasteiger partial charge < -0.3 is 14.4 Å². The molecule has 0 N–H and O–H groups in total. The van der Waals surface area contributed by atoms with E-state index in [1.807, 2.05) is 23.1 Å². The lowest BCUT2D eigenvalue weighted by molar-refractivity contribution is -0.132. The highest BCUT2D eigenvalue weighted by Crippen LogP contribution is 2.27. The molecule has 0 aromatic heterocycles. The van der Waals surface area contributed by atoms with Crippen LogP contribution in [0.5, 0.6) is 11.5 Å². The summed E-state index contributed by atoms with van der Waals surface area (Å²) in [7, 11) is 3.17. The maximum Gasteiger partial charge on any atom is 0.227 e. The standard InChI is InChI=1S/C16H21N3O3/c1-21-14-4-3-13(11-15(14)22-2)12-16(20)19-9-7-18(6-5-17)8-10-19/h3-4,11H,6-10,12H2,1-2H3. The molecule has 1 heterocycles. The van der Waals surface area contributed by atoms with Gasteiger partial charge in [0.15, 0.2) is 11.5 Å². The summed E-state index contributed by atoms with van der Waals surface area (Å²) in [5.41, 5.74) is 0.905. The van der Waals surface area contributed by atoms with Gasteiger partial charge in [-0.05, 0) is 17.7 Å². The second-order valence-electron chi connectivity index (χ2n) is 5.18. The zero-order chi connectivity index (χ0) is 15.9. The van der Waals surface area contributed by atoms with E-state index in [1.165, 1.54) is 0 Å². The minimum atomic E-state index is 0.101. The molecular formula is C16H21N3O3. The first-order valence-corrected chi connectivity index (χ1v) is 7.26. The Morgan fingerprint density at radius 3 is 2.45 bits per heavy atom. The molecule has 22 heavy (non-hydrogen) atoms. The fraction of sp³-hybridized carbons (Fsp3) is 0.500. The Morgan fingerprint density at radius 2 is 1.86 bits per heavy atom. The fourth-order valence-corrected chi connectivity index (χ4v) is 2.53. The molecule has 118 valence electrons. The Bertz CT molecular complexity index is 560. The number of ether oxygens (including phenoxy) is 2. The first-order valence-electron chi connectivity index (χ1n) is 7.26. The van der Waals surface area contributed by atoms with E-state index in [0.717, 1.165) is 18.7 Å². The Balaban J connectivity index is 1.94. The van der Waals surface area contributed by atoms with Gasteiger partial charge in [-0.2, -0.15) is 5.26 Å². The average molecular weight is 303 g/mol. The minimum absolute atomic E-state index is 0.101. The molecule has 1 saturated heterocycles. The van der Waals surface area contributed by atoms with Crippen molar-refractivity contribution in [1.82, 2.24) is 9.80 Å². The smallest absolute Gasteiger partial charge is 0.227 e. The molecule has 1 amide bonds. The zero-order valence-corrected chi connectivity index (χ0v) is 13.0. The van der Waals surface area contributed by atoms with Crippen molar-refractivity contribution in [3.63, 3.8) is 0 Å². The number of hydrogen-bond acceptors (Lipinski definition) is 5. The van der Waals surface area contributed by atoms with Crippen LogP contribution in [0, 0.1) is 11.3 Å². The fourth-order valence-electron chi connectivity index (χ4n) is 2.53. The first-order chi connectivity index (χ1) is 10.7. The van der Waals surface area contributed by atoms with Crippen LogP contribution in [0.25, 0.3) is 0 Å². The van der Waals surface area contributed by atoms with Crippen LogP contribution in [0.15, 0.2) is 18.2 Å². The van der Waals surface area contributed by atoms with Crippen molar-refractivity contribution < 1.29 is 14.3 Å². The van der Waals surface area contributed by atoms with Gasteiger partial charge in [0.2, 0.25) is 5.91 Å². The first kappa shape index (κ1) is 16.1. The molecule has 0 aliphatic carbocycles. The maximum absolute atomic E-state index is 12.4. The van der Waals surface area contributed by atoms with Crippen LogP contribution in [0.3, 0.4) is 0 Å². The lowest BCUT2D eigenvalue weighted by atomic mass is 10.1. The normalized spacial score (nSPS) is 15.2. The number of benzene rings is 1. The van der Waals surface area contributed by atoms with Crippen LogP contribution in [0.4, 0.5) is 0 Å². The van der Waals surface area contributed by atoms with Crippen molar-refractivity contribution >= 4 is 5.91 Å². The molecule has 1 fully saturated rings. The third-order valence-corrected chi connectivity index (χ3v) is 3.82. The topological polar surface area (TPSA) is 65.8 Å². The summed E-state index contributed by atoms with van der Waals surface area (Å²) >= 11 is 0. The molecule has 1 aromatic rings. The zero-order valence-electron chi connectivity index (χ0n) is 13.0. The van der Waals surface area contributed by atoms with Crippen LogP contribution in [0.2, 0.25) is 0 Å². The van der Waals surface area contributed by atoms with Gasteiger partial charge in [-0.1, -0.05) is 6.07 Å². The molecule has 0 radical (unpaired) electrons. The summed E-state index contributed by atoms with van der Waals surface area (Å²) in [6, 6.07) is 7.67. The highest BCUT2D eigenvalue weighted by atomic mass is 16.5. The lowest BCUT2D eigenvalue weighted by Crippen LogP contribution is -2.49. The third kappa shape index (κ3) is 3.89. The van der Waals surface area contributed by atoms with Crippen LogP contribution in [-0.4, -0.2) is 62.7 Å². The largest absolute Gasteiger partial charge is 0.493 e. The number of nitriles is 1. The molecule has 2 rings (SSSR count). The van der Waals surface area contributed by atoms with Gasteiger partial charge in [0.1, 0.15) is 0 Å². The minimum Gasteiger partial charge on any atom is -0.493 e. The summed E-state index contributed by atoms with van der Waals surface area (Å²) in [5.74, 6) is 1.39. The van der Waals surface area contributed by atoms with Crippen LogP contribution < -0.4 is 9.47 Å². The number of nitrogens with zero attached hydrogens (tertiary/aromatic N) is 3. The molecule has 0 saturated carbocycles. The van der Waals surface area contributed by atoms with Crippen molar-refractivity contribution in [2.75, 3.05) is 46.9 Å². The van der Waals surface area contributed by atoms with Gasteiger partial charge in [-0.15, -0.1) is 0 Å². The van der Waals surface area contributed by atoms with Gasteiger partial charge in [-0.3, -0.25) is 9.69 Å². The number of hydrogen-bond donors (Lipinski definition) is 0. The summed E-state index contributed by atoms with van der Waals surface area (Å²) in [4.78, 5) is 16.3. The van der Waals surface area contributed by atoms with Crippen molar-refractivity contribution in [3.8, 4) is 17.6 Å². The summed E-state index contributed by atoms with van der Waals surface area (Å²) in [5, 5.41) is 8.69.